The minimum atomic E-state index is 0.0755. The summed E-state index contributed by atoms with van der Waals surface area (Å²) in [5.74, 6) is 1.24. The molecule has 0 spiro atoms. The number of thioether (sulfide) groups is 1. The van der Waals surface area contributed by atoms with E-state index in [1.54, 1.807) is 30.9 Å². The van der Waals surface area contributed by atoms with Crippen molar-refractivity contribution in [3.05, 3.63) is 24.3 Å². The molecule has 1 rings (SSSR count). The van der Waals surface area contributed by atoms with E-state index in [1.165, 1.54) is 0 Å². The lowest BCUT2D eigenvalue weighted by atomic mass is 10.3. The van der Waals surface area contributed by atoms with Crippen molar-refractivity contribution in [3.63, 3.8) is 0 Å². The topological polar surface area (TPSA) is 49.3 Å². The van der Waals surface area contributed by atoms with Gasteiger partial charge in [0.25, 0.3) is 0 Å². The average molecular weight is 225 g/mol. The van der Waals surface area contributed by atoms with Crippen LogP contribution in [-0.2, 0) is 4.79 Å². The molecule has 0 aromatic heterocycles. The summed E-state index contributed by atoms with van der Waals surface area (Å²) in [6.45, 7) is 0. The first-order valence-electron chi connectivity index (χ1n) is 4.85. The minimum absolute atomic E-state index is 0.0755. The number of hydrogen-bond donors (Lipinski definition) is 2. The van der Waals surface area contributed by atoms with Gasteiger partial charge >= 0.3 is 0 Å². The van der Waals surface area contributed by atoms with E-state index in [2.05, 4.69) is 5.32 Å². The lowest BCUT2D eigenvalue weighted by Gasteiger charge is -2.01. The summed E-state index contributed by atoms with van der Waals surface area (Å²) < 4.78 is 0. The molecule has 0 aliphatic rings. The molecule has 0 heterocycles. The van der Waals surface area contributed by atoms with E-state index >= 15 is 0 Å². The van der Waals surface area contributed by atoms with E-state index in [1.807, 2.05) is 12.1 Å². The molecule has 0 aliphatic carbocycles. The summed E-state index contributed by atoms with van der Waals surface area (Å²) in [4.78, 5) is 12.0. The number of hydrogen-bond acceptors (Lipinski definition) is 3. The number of carbonyl (C=O) groups is 1. The van der Waals surface area contributed by atoms with Crippen LogP contribution < -0.4 is 5.32 Å². The molecule has 0 saturated carbocycles. The monoisotopic (exact) mass is 225 g/mol. The maximum Gasteiger partial charge on any atom is 0.219 e. The zero-order chi connectivity index (χ0) is 11.1. The summed E-state index contributed by atoms with van der Waals surface area (Å²) in [6, 6.07) is 7.14. The second-order valence-corrected chi connectivity index (χ2v) is 4.29. The minimum Gasteiger partial charge on any atom is -0.508 e. The molecule has 82 valence electrons. The number of nitrogens with one attached hydrogen (secondary N) is 1. The first kappa shape index (κ1) is 11.9. The Kier molecular flexibility index (Phi) is 5.04. The van der Waals surface area contributed by atoms with Crippen molar-refractivity contribution < 1.29 is 9.90 Å². The van der Waals surface area contributed by atoms with Gasteiger partial charge in [0, 0.05) is 18.4 Å². The van der Waals surface area contributed by atoms with Crippen LogP contribution in [-0.4, -0.2) is 23.8 Å². The van der Waals surface area contributed by atoms with E-state index in [-0.39, 0.29) is 11.7 Å². The van der Waals surface area contributed by atoms with Gasteiger partial charge in [-0.1, -0.05) is 6.07 Å². The Morgan fingerprint density at radius 2 is 2.33 bits per heavy atom. The summed E-state index contributed by atoms with van der Waals surface area (Å²) in [5.41, 5.74) is 0. The van der Waals surface area contributed by atoms with Crippen molar-refractivity contribution in [1.29, 1.82) is 0 Å². The zero-order valence-corrected chi connectivity index (χ0v) is 9.51. The van der Waals surface area contributed by atoms with E-state index in [4.69, 9.17) is 0 Å². The van der Waals surface area contributed by atoms with Crippen LogP contribution in [0.15, 0.2) is 29.2 Å². The highest BCUT2D eigenvalue weighted by Crippen LogP contribution is 2.22. The molecule has 3 nitrogen and oxygen atoms in total. The Morgan fingerprint density at radius 3 is 3.00 bits per heavy atom. The van der Waals surface area contributed by atoms with Crippen molar-refractivity contribution >= 4 is 17.7 Å². The lowest BCUT2D eigenvalue weighted by Crippen LogP contribution is -2.17. The van der Waals surface area contributed by atoms with Crippen LogP contribution >= 0.6 is 11.8 Å². The fraction of sp³-hybridized carbons (Fsp3) is 0.364. The summed E-state index contributed by atoms with van der Waals surface area (Å²) >= 11 is 1.65. The van der Waals surface area contributed by atoms with E-state index in [9.17, 15) is 9.90 Å². The third-order valence-corrected chi connectivity index (χ3v) is 2.99. The number of carbonyl (C=O) groups excluding carboxylic acids is 1. The number of aromatic hydroxyl groups is 1. The van der Waals surface area contributed by atoms with Crippen LogP contribution in [0, 0.1) is 0 Å². The van der Waals surface area contributed by atoms with Crippen LogP contribution in [0.4, 0.5) is 0 Å². The number of benzene rings is 1. The zero-order valence-electron chi connectivity index (χ0n) is 8.69. The van der Waals surface area contributed by atoms with Crippen LogP contribution in [0.5, 0.6) is 5.75 Å². The molecule has 0 radical (unpaired) electrons. The molecule has 1 aromatic rings. The Morgan fingerprint density at radius 1 is 1.53 bits per heavy atom. The quantitative estimate of drug-likeness (QED) is 0.595. The molecule has 2 N–H and O–H groups in total. The SMILES string of the molecule is CNC(=O)CCCSc1cccc(O)c1. The second-order valence-electron chi connectivity index (χ2n) is 3.12. The molecule has 1 aromatic carbocycles. The van der Waals surface area contributed by atoms with Gasteiger partial charge in [0.1, 0.15) is 5.75 Å². The molecule has 4 heteroatoms. The molecule has 0 bridgehead atoms. The highest BCUT2D eigenvalue weighted by Gasteiger charge is 1.99. The summed E-state index contributed by atoms with van der Waals surface area (Å²) in [6.07, 6.45) is 1.41. The van der Waals surface area contributed by atoms with Gasteiger partial charge in [-0.3, -0.25) is 4.79 Å². The molecule has 1 amide bonds. The Labute approximate surface area is 93.9 Å². The van der Waals surface area contributed by atoms with Gasteiger partial charge in [-0.05, 0) is 30.4 Å². The maximum atomic E-state index is 10.9. The number of rotatable bonds is 5. The lowest BCUT2D eigenvalue weighted by molar-refractivity contribution is -0.120. The van der Waals surface area contributed by atoms with Crippen LogP contribution in [0.2, 0.25) is 0 Å². The highest BCUT2D eigenvalue weighted by molar-refractivity contribution is 7.99. The standard InChI is InChI=1S/C11H15NO2S/c1-12-11(14)6-3-7-15-10-5-2-4-9(13)8-10/h2,4-5,8,13H,3,6-7H2,1H3,(H,12,14). The predicted octanol–water partition coefficient (Wildman–Crippen LogP) is 2.01. The number of phenolic OH excluding ortho intramolecular Hbond substituents is 1. The smallest absolute Gasteiger partial charge is 0.219 e. The Bertz CT molecular complexity index is 328. The fourth-order valence-corrected chi connectivity index (χ4v) is 2.02. The van der Waals surface area contributed by atoms with Crippen molar-refractivity contribution in [2.75, 3.05) is 12.8 Å². The van der Waals surface area contributed by atoms with Crippen LogP contribution in [0.1, 0.15) is 12.8 Å². The highest BCUT2D eigenvalue weighted by atomic mass is 32.2. The molecule has 0 aliphatic heterocycles. The molecule has 0 atom stereocenters. The molecule has 0 unspecified atom stereocenters. The molecule has 0 fully saturated rings. The van der Waals surface area contributed by atoms with Gasteiger partial charge in [-0.25, -0.2) is 0 Å². The van der Waals surface area contributed by atoms with Crippen molar-refractivity contribution in [2.24, 2.45) is 0 Å². The van der Waals surface area contributed by atoms with Gasteiger partial charge in [0.2, 0.25) is 5.91 Å². The predicted molar refractivity (Wildman–Crippen MR) is 62.1 cm³/mol. The van der Waals surface area contributed by atoms with Gasteiger partial charge in [-0.15, -0.1) is 11.8 Å². The Balaban J connectivity index is 2.23. The number of phenols is 1. The Hall–Kier alpha value is -1.16. The van der Waals surface area contributed by atoms with Gasteiger partial charge in [0.15, 0.2) is 0 Å². The third-order valence-electron chi connectivity index (χ3n) is 1.91. The van der Waals surface area contributed by atoms with Crippen LogP contribution in [0.3, 0.4) is 0 Å². The van der Waals surface area contributed by atoms with Gasteiger partial charge < -0.3 is 10.4 Å². The maximum absolute atomic E-state index is 10.9. The summed E-state index contributed by atoms with van der Waals surface area (Å²) in [7, 11) is 1.64. The largest absolute Gasteiger partial charge is 0.508 e. The first-order valence-corrected chi connectivity index (χ1v) is 5.83. The summed E-state index contributed by atoms with van der Waals surface area (Å²) in [5, 5.41) is 11.8. The third kappa shape index (κ3) is 4.74. The second kappa shape index (κ2) is 6.35. The van der Waals surface area contributed by atoms with E-state index < -0.39 is 0 Å². The number of amides is 1. The average Bonchev–Trinajstić information content (AvgIpc) is 2.24. The van der Waals surface area contributed by atoms with Crippen molar-refractivity contribution in [3.8, 4) is 5.75 Å². The molecule has 0 saturated heterocycles. The van der Waals surface area contributed by atoms with Gasteiger partial charge in [0.05, 0.1) is 0 Å². The van der Waals surface area contributed by atoms with Crippen LogP contribution in [0.25, 0.3) is 0 Å². The normalized spacial score (nSPS) is 9.93. The van der Waals surface area contributed by atoms with E-state index in [0.29, 0.717) is 6.42 Å². The molecule has 15 heavy (non-hydrogen) atoms. The fourth-order valence-electron chi connectivity index (χ4n) is 1.12. The van der Waals surface area contributed by atoms with Gasteiger partial charge in [-0.2, -0.15) is 0 Å². The van der Waals surface area contributed by atoms with Crippen molar-refractivity contribution in [2.45, 2.75) is 17.7 Å². The van der Waals surface area contributed by atoms with E-state index in [0.717, 1.165) is 17.1 Å². The molecular formula is C11H15NO2S. The first-order chi connectivity index (χ1) is 7.22. The van der Waals surface area contributed by atoms with Crippen molar-refractivity contribution in [1.82, 2.24) is 5.32 Å². The molecular weight excluding hydrogens is 210 g/mol.